The van der Waals surface area contributed by atoms with Gasteiger partial charge in [0, 0.05) is 6.07 Å². The molecule has 0 atom stereocenters. The van der Waals surface area contributed by atoms with Gasteiger partial charge in [0.05, 0.1) is 16.6 Å². The Morgan fingerprint density at radius 2 is 1.92 bits per heavy atom. The minimum Gasteiger partial charge on any atom is -0.508 e. The van der Waals surface area contributed by atoms with E-state index in [1.165, 1.54) is 22.8 Å². The first-order valence-corrected chi connectivity index (χ1v) is 7.13. The number of carboxylic acids is 1. The van der Waals surface area contributed by atoms with E-state index in [9.17, 15) is 14.7 Å². The van der Waals surface area contributed by atoms with Gasteiger partial charge in [0.15, 0.2) is 6.61 Å². The van der Waals surface area contributed by atoms with Crippen molar-refractivity contribution in [3.05, 3.63) is 58.6 Å². The molecule has 2 aromatic carbocycles. The van der Waals surface area contributed by atoms with Crippen molar-refractivity contribution in [1.29, 1.82) is 0 Å². The van der Waals surface area contributed by atoms with Gasteiger partial charge in [0.25, 0.3) is 5.56 Å². The van der Waals surface area contributed by atoms with E-state index in [4.69, 9.17) is 9.84 Å². The second-order valence-electron chi connectivity index (χ2n) is 5.18. The highest BCUT2D eigenvalue weighted by atomic mass is 16.5. The predicted molar refractivity (Wildman–Crippen MR) is 86.9 cm³/mol. The number of hydrogen-bond donors (Lipinski definition) is 2. The van der Waals surface area contributed by atoms with Crippen LogP contribution in [0.5, 0.6) is 11.5 Å². The molecule has 24 heavy (non-hydrogen) atoms. The number of benzene rings is 2. The number of rotatable bonds is 4. The number of fused-ring (bicyclic) bond motifs is 1. The second kappa shape index (κ2) is 6.04. The van der Waals surface area contributed by atoms with E-state index in [-0.39, 0.29) is 11.3 Å². The fourth-order valence-corrected chi connectivity index (χ4v) is 2.43. The lowest BCUT2D eigenvalue weighted by Crippen LogP contribution is -2.22. The quantitative estimate of drug-likeness (QED) is 0.759. The maximum Gasteiger partial charge on any atom is 0.341 e. The van der Waals surface area contributed by atoms with Crippen molar-refractivity contribution < 1.29 is 19.7 Å². The third-order valence-electron chi connectivity index (χ3n) is 3.48. The molecule has 3 rings (SSSR count). The van der Waals surface area contributed by atoms with E-state index < -0.39 is 12.6 Å². The number of nitrogens with zero attached hydrogens (tertiary/aromatic N) is 2. The topological polar surface area (TPSA) is 102 Å². The van der Waals surface area contributed by atoms with Gasteiger partial charge in [0.2, 0.25) is 0 Å². The zero-order chi connectivity index (χ0) is 17.3. The number of phenolic OH excluding ortho intramolecular Hbond substituents is 1. The van der Waals surface area contributed by atoms with Crippen molar-refractivity contribution in [2.24, 2.45) is 0 Å². The first-order chi connectivity index (χ1) is 11.5. The molecule has 2 N–H and O–H groups in total. The van der Waals surface area contributed by atoms with E-state index >= 15 is 0 Å². The highest BCUT2D eigenvalue weighted by molar-refractivity contribution is 5.79. The molecule has 1 aromatic heterocycles. The Bertz CT molecular complexity index is 977. The van der Waals surface area contributed by atoms with Crippen molar-refractivity contribution in [2.45, 2.75) is 6.92 Å². The van der Waals surface area contributed by atoms with Crippen molar-refractivity contribution in [1.82, 2.24) is 9.55 Å². The lowest BCUT2D eigenvalue weighted by molar-refractivity contribution is -0.139. The monoisotopic (exact) mass is 326 g/mol. The Morgan fingerprint density at radius 1 is 1.21 bits per heavy atom. The van der Waals surface area contributed by atoms with E-state index in [1.54, 1.807) is 31.2 Å². The molecule has 3 aromatic rings. The van der Waals surface area contributed by atoms with Crippen LogP contribution in [-0.2, 0) is 4.79 Å². The Hall–Kier alpha value is -3.35. The molecule has 1 heterocycles. The lowest BCUT2D eigenvalue weighted by atomic mass is 10.2. The smallest absolute Gasteiger partial charge is 0.341 e. The average molecular weight is 326 g/mol. The maximum atomic E-state index is 12.7. The van der Waals surface area contributed by atoms with Crippen LogP contribution in [0.4, 0.5) is 0 Å². The summed E-state index contributed by atoms with van der Waals surface area (Å²) < 4.78 is 6.52. The summed E-state index contributed by atoms with van der Waals surface area (Å²) >= 11 is 0. The maximum absolute atomic E-state index is 12.7. The fourth-order valence-electron chi connectivity index (χ4n) is 2.43. The highest BCUT2D eigenvalue weighted by Gasteiger charge is 2.10. The minimum atomic E-state index is -1.06. The van der Waals surface area contributed by atoms with Crippen LogP contribution in [-0.4, -0.2) is 32.3 Å². The zero-order valence-electron chi connectivity index (χ0n) is 12.8. The summed E-state index contributed by atoms with van der Waals surface area (Å²) in [6, 6.07) is 10.9. The first kappa shape index (κ1) is 15.5. The molecule has 0 spiro atoms. The van der Waals surface area contributed by atoms with E-state index in [0.717, 1.165) is 0 Å². The Morgan fingerprint density at radius 3 is 2.58 bits per heavy atom. The van der Waals surface area contributed by atoms with E-state index in [2.05, 4.69) is 4.98 Å². The number of hydrogen-bond acceptors (Lipinski definition) is 5. The summed E-state index contributed by atoms with van der Waals surface area (Å²) in [7, 11) is 0. The molecule has 0 saturated carbocycles. The average Bonchev–Trinajstić information content (AvgIpc) is 2.53. The van der Waals surface area contributed by atoms with Crippen LogP contribution in [0.25, 0.3) is 16.6 Å². The van der Waals surface area contributed by atoms with Gasteiger partial charge in [-0.05, 0) is 43.3 Å². The number of carbonyl (C=O) groups is 1. The third-order valence-corrected chi connectivity index (χ3v) is 3.48. The second-order valence-corrected chi connectivity index (χ2v) is 5.18. The molecule has 0 aliphatic rings. The van der Waals surface area contributed by atoms with Crippen LogP contribution >= 0.6 is 0 Å². The van der Waals surface area contributed by atoms with Gasteiger partial charge in [-0.2, -0.15) is 0 Å². The number of aliphatic carboxylic acids is 1. The van der Waals surface area contributed by atoms with Crippen LogP contribution in [0.2, 0.25) is 0 Å². The SMILES string of the molecule is Cc1nc2cc(O)ccc2c(=O)n1-c1ccc(OCC(=O)O)cc1. The number of ether oxygens (including phenoxy) is 1. The number of aromatic nitrogens is 2. The molecule has 0 radical (unpaired) electrons. The van der Waals surface area contributed by atoms with E-state index in [1.807, 2.05) is 0 Å². The largest absolute Gasteiger partial charge is 0.508 e. The molecule has 0 amide bonds. The Labute approximate surface area is 136 Å². The van der Waals surface area contributed by atoms with Crippen molar-refractivity contribution in [2.75, 3.05) is 6.61 Å². The number of phenols is 1. The molecule has 7 nitrogen and oxygen atoms in total. The van der Waals surface area contributed by atoms with E-state index in [0.29, 0.717) is 28.2 Å². The summed E-state index contributed by atoms with van der Waals surface area (Å²) in [5.41, 5.74) is 0.759. The standard InChI is InChI=1S/C17H14N2O5/c1-10-18-15-8-12(20)4-7-14(15)17(23)19(10)11-2-5-13(6-3-11)24-9-16(21)22/h2-8,20H,9H2,1H3,(H,21,22). The van der Waals surface area contributed by atoms with Gasteiger partial charge in [-0.25, -0.2) is 9.78 Å². The molecule has 0 unspecified atom stereocenters. The third kappa shape index (κ3) is 2.91. The van der Waals surface area contributed by atoms with Gasteiger partial charge < -0.3 is 14.9 Å². The zero-order valence-corrected chi connectivity index (χ0v) is 12.8. The molecule has 0 aliphatic carbocycles. The molecule has 7 heteroatoms. The summed E-state index contributed by atoms with van der Waals surface area (Å²) in [6.45, 7) is 1.26. The number of aryl methyl sites for hydroxylation is 1. The van der Waals surface area contributed by atoms with Gasteiger partial charge in [-0.15, -0.1) is 0 Å². The van der Waals surface area contributed by atoms with Crippen LogP contribution < -0.4 is 10.3 Å². The van der Waals surface area contributed by atoms with Gasteiger partial charge in [-0.3, -0.25) is 9.36 Å². The Kier molecular flexibility index (Phi) is 3.91. The number of aromatic hydroxyl groups is 1. The van der Waals surface area contributed by atoms with Crippen LogP contribution in [0.3, 0.4) is 0 Å². The Balaban J connectivity index is 2.04. The van der Waals surface area contributed by atoms with Crippen LogP contribution in [0.1, 0.15) is 5.82 Å². The van der Waals surface area contributed by atoms with Crippen LogP contribution in [0.15, 0.2) is 47.3 Å². The van der Waals surface area contributed by atoms with Gasteiger partial charge in [-0.1, -0.05) is 0 Å². The summed E-state index contributed by atoms with van der Waals surface area (Å²) in [6.07, 6.45) is 0. The molecule has 0 aliphatic heterocycles. The van der Waals surface area contributed by atoms with Crippen molar-refractivity contribution in [3.63, 3.8) is 0 Å². The molecular weight excluding hydrogens is 312 g/mol. The molecule has 0 fully saturated rings. The molecular formula is C17H14N2O5. The highest BCUT2D eigenvalue weighted by Crippen LogP contribution is 2.19. The molecule has 0 saturated heterocycles. The van der Waals surface area contributed by atoms with Crippen LogP contribution in [0, 0.1) is 6.92 Å². The lowest BCUT2D eigenvalue weighted by Gasteiger charge is -2.11. The first-order valence-electron chi connectivity index (χ1n) is 7.13. The summed E-state index contributed by atoms with van der Waals surface area (Å²) in [5.74, 6) is -0.151. The summed E-state index contributed by atoms with van der Waals surface area (Å²) in [4.78, 5) is 27.5. The molecule has 0 bridgehead atoms. The fraction of sp³-hybridized carbons (Fsp3) is 0.118. The van der Waals surface area contributed by atoms with Gasteiger partial charge >= 0.3 is 5.97 Å². The van der Waals surface area contributed by atoms with Crippen molar-refractivity contribution >= 4 is 16.9 Å². The normalized spacial score (nSPS) is 10.7. The van der Waals surface area contributed by atoms with Gasteiger partial charge in [0.1, 0.15) is 17.3 Å². The molecule has 122 valence electrons. The van der Waals surface area contributed by atoms with Crippen molar-refractivity contribution in [3.8, 4) is 17.2 Å². The predicted octanol–water partition coefficient (Wildman–Crippen LogP) is 1.86. The minimum absolute atomic E-state index is 0.0477. The summed E-state index contributed by atoms with van der Waals surface area (Å²) in [5, 5.41) is 18.5. The number of carboxylic acid groups (broad SMARTS) is 1.